The first-order valence-corrected chi connectivity index (χ1v) is 6.74. The highest BCUT2D eigenvalue weighted by Crippen LogP contribution is 2.17. The van der Waals surface area contributed by atoms with Gasteiger partial charge in [0.2, 0.25) is 0 Å². The van der Waals surface area contributed by atoms with Crippen LogP contribution in [0.2, 0.25) is 0 Å². The lowest BCUT2D eigenvalue weighted by Gasteiger charge is -2.17. The quantitative estimate of drug-likeness (QED) is 0.479. The second-order valence-electron chi connectivity index (χ2n) is 4.79. The summed E-state index contributed by atoms with van der Waals surface area (Å²) in [5.41, 5.74) is 0. The number of rotatable bonds is 4. The highest BCUT2D eigenvalue weighted by molar-refractivity contribution is 14.0. The number of guanidine groups is 1. The van der Waals surface area contributed by atoms with Crippen LogP contribution in [-0.4, -0.2) is 35.1 Å². The van der Waals surface area contributed by atoms with Gasteiger partial charge in [0.1, 0.15) is 5.82 Å². The predicted octanol–water partition coefficient (Wildman–Crippen LogP) is 1.92. The van der Waals surface area contributed by atoms with Crippen molar-refractivity contribution >= 4 is 29.9 Å². The number of hydrogen-bond donors (Lipinski definition) is 2. The van der Waals surface area contributed by atoms with E-state index in [4.69, 9.17) is 0 Å². The molecular formula is C13H24IN5. The first-order valence-electron chi connectivity index (χ1n) is 6.74. The lowest BCUT2D eigenvalue weighted by atomic mass is 10.2. The van der Waals surface area contributed by atoms with Gasteiger partial charge >= 0.3 is 0 Å². The summed E-state index contributed by atoms with van der Waals surface area (Å²) in [6, 6.07) is 0.603. The number of nitrogens with zero attached hydrogens (tertiary/aromatic N) is 3. The number of imidazole rings is 1. The third-order valence-corrected chi connectivity index (χ3v) is 3.49. The minimum Gasteiger partial charge on any atom is -0.355 e. The van der Waals surface area contributed by atoms with Crippen molar-refractivity contribution in [2.45, 2.75) is 45.2 Å². The van der Waals surface area contributed by atoms with E-state index in [9.17, 15) is 0 Å². The summed E-state index contributed by atoms with van der Waals surface area (Å²) in [5.74, 6) is 1.97. The molecule has 1 aromatic rings. The Labute approximate surface area is 132 Å². The molecule has 6 heteroatoms. The van der Waals surface area contributed by atoms with Crippen LogP contribution in [0.15, 0.2) is 17.4 Å². The Kier molecular flexibility index (Phi) is 7.19. The first kappa shape index (κ1) is 16.3. The Morgan fingerprint density at radius 1 is 1.47 bits per heavy atom. The van der Waals surface area contributed by atoms with E-state index in [0.717, 1.165) is 24.9 Å². The molecule has 19 heavy (non-hydrogen) atoms. The summed E-state index contributed by atoms with van der Waals surface area (Å²) >= 11 is 0. The van der Waals surface area contributed by atoms with E-state index in [1.165, 1.54) is 25.7 Å². The van der Waals surface area contributed by atoms with Crippen molar-refractivity contribution in [2.24, 2.45) is 4.99 Å². The topological polar surface area (TPSA) is 54.2 Å². The number of halogens is 1. The summed E-state index contributed by atoms with van der Waals surface area (Å²) in [5, 5.41) is 6.83. The maximum atomic E-state index is 4.26. The average Bonchev–Trinajstić information content (AvgIpc) is 3.00. The van der Waals surface area contributed by atoms with Gasteiger partial charge in [-0.25, -0.2) is 4.98 Å². The third-order valence-electron chi connectivity index (χ3n) is 3.49. The molecule has 0 amide bonds. The highest BCUT2D eigenvalue weighted by atomic mass is 127. The monoisotopic (exact) mass is 377 g/mol. The van der Waals surface area contributed by atoms with Gasteiger partial charge in [0.15, 0.2) is 5.96 Å². The van der Waals surface area contributed by atoms with E-state index in [2.05, 4.69) is 25.2 Å². The van der Waals surface area contributed by atoms with E-state index in [0.29, 0.717) is 6.04 Å². The van der Waals surface area contributed by atoms with Gasteiger partial charge in [0.25, 0.3) is 0 Å². The van der Waals surface area contributed by atoms with E-state index in [1.807, 2.05) is 26.4 Å². The van der Waals surface area contributed by atoms with Gasteiger partial charge in [0, 0.05) is 38.6 Å². The molecule has 2 rings (SSSR count). The van der Waals surface area contributed by atoms with Crippen LogP contribution in [0.3, 0.4) is 0 Å². The lowest BCUT2D eigenvalue weighted by molar-refractivity contribution is 0.598. The summed E-state index contributed by atoms with van der Waals surface area (Å²) in [7, 11) is 1.83. The molecule has 0 bridgehead atoms. The molecule has 0 aromatic carbocycles. The summed E-state index contributed by atoms with van der Waals surface area (Å²) in [4.78, 5) is 8.47. The standard InChI is InChI=1S/C13H23N5.HI/c1-11-15-7-9-18(11)10-8-16-13(14-2)17-12-5-3-4-6-12;/h7,9,12H,3-6,8,10H2,1-2H3,(H2,14,16,17);1H. The maximum absolute atomic E-state index is 4.26. The molecule has 5 nitrogen and oxygen atoms in total. The highest BCUT2D eigenvalue weighted by Gasteiger charge is 2.15. The van der Waals surface area contributed by atoms with E-state index in [-0.39, 0.29) is 24.0 Å². The number of hydrogen-bond acceptors (Lipinski definition) is 2. The van der Waals surface area contributed by atoms with Crippen molar-refractivity contribution in [2.75, 3.05) is 13.6 Å². The minimum atomic E-state index is 0. The third kappa shape index (κ3) is 5.00. The van der Waals surface area contributed by atoms with Crippen LogP contribution in [0.5, 0.6) is 0 Å². The van der Waals surface area contributed by atoms with Crippen molar-refractivity contribution in [3.8, 4) is 0 Å². The predicted molar refractivity (Wildman–Crippen MR) is 89.1 cm³/mol. The van der Waals surface area contributed by atoms with Gasteiger partial charge in [-0.15, -0.1) is 24.0 Å². The second kappa shape index (κ2) is 8.39. The Balaban J connectivity index is 0.00000180. The maximum Gasteiger partial charge on any atom is 0.191 e. The lowest BCUT2D eigenvalue weighted by Crippen LogP contribution is -2.43. The van der Waals surface area contributed by atoms with Gasteiger partial charge in [-0.3, -0.25) is 4.99 Å². The average molecular weight is 377 g/mol. The van der Waals surface area contributed by atoms with Gasteiger partial charge in [-0.05, 0) is 19.8 Å². The van der Waals surface area contributed by atoms with Crippen LogP contribution in [0.1, 0.15) is 31.5 Å². The molecule has 1 aromatic heterocycles. The first-order chi connectivity index (χ1) is 8.79. The van der Waals surface area contributed by atoms with Gasteiger partial charge in [-0.1, -0.05) is 12.8 Å². The zero-order chi connectivity index (χ0) is 12.8. The second-order valence-corrected chi connectivity index (χ2v) is 4.79. The SMILES string of the molecule is CN=C(NCCn1ccnc1C)NC1CCCC1.I. The molecule has 0 spiro atoms. The molecule has 1 fully saturated rings. The summed E-state index contributed by atoms with van der Waals surface area (Å²) < 4.78 is 2.13. The summed E-state index contributed by atoms with van der Waals surface area (Å²) in [6.07, 6.45) is 9.04. The smallest absolute Gasteiger partial charge is 0.191 e. The van der Waals surface area contributed by atoms with Crippen molar-refractivity contribution in [1.82, 2.24) is 20.2 Å². The molecule has 0 atom stereocenters. The number of nitrogens with one attached hydrogen (secondary N) is 2. The Morgan fingerprint density at radius 3 is 2.79 bits per heavy atom. The number of aromatic nitrogens is 2. The Bertz CT molecular complexity index is 395. The van der Waals surface area contributed by atoms with Crippen LogP contribution in [0, 0.1) is 6.92 Å². The van der Waals surface area contributed by atoms with Crippen molar-refractivity contribution in [1.29, 1.82) is 0 Å². The largest absolute Gasteiger partial charge is 0.355 e. The van der Waals surface area contributed by atoms with Crippen LogP contribution in [0.25, 0.3) is 0 Å². The molecule has 2 N–H and O–H groups in total. The molecule has 0 unspecified atom stereocenters. The van der Waals surface area contributed by atoms with Crippen LogP contribution < -0.4 is 10.6 Å². The van der Waals surface area contributed by atoms with Crippen molar-refractivity contribution in [3.05, 3.63) is 18.2 Å². The fourth-order valence-corrected chi connectivity index (χ4v) is 2.39. The molecule has 1 aliphatic carbocycles. The van der Waals surface area contributed by atoms with Crippen molar-refractivity contribution in [3.63, 3.8) is 0 Å². The minimum absolute atomic E-state index is 0. The molecule has 1 saturated carbocycles. The fraction of sp³-hybridized carbons (Fsp3) is 0.692. The molecule has 1 heterocycles. The summed E-state index contributed by atoms with van der Waals surface area (Å²) in [6.45, 7) is 3.80. The zero-order valence-corrected chi connectivity index (χ0v) is 14.1. The Morgan fingerprint density at radius 2 is 2.21 bits per heavy atom. The molecule has 0 aliphatic heterocycles. The number of aliphatic imine (C=N–C) groups is 1. The van der Waals surface area contributed by atoms with Crippen molar-refractivity contribution < 1.29 is 0 Å². The van der Waals surface area contributed by atoms with E-state index >= 15 is 0 Å². The normalized spacial score (nSPS) is 16.2. The molecule has 0 radical (unpaired) electrons. The van der Waals surface area contributed by atoms with E-state index < -0.39 is 0 Å². The van der Waals surface area contributed by atoms with Gasteiger partial charge in [0.05, 0.1) is 0 Å². The van der Waals surface area contributed by atoms with Crippen LogP contribution >= 0.6 is 24.0 Å². The van der Waals surface area contributed by atoms with Crippen LogP contribution in [0.4, 0.5) is 0 Å². The Hall–Kier alpha value is -0.790. The molecular weight excluding hydrogens is 353 g/mol. The molecule has 1 aliphatic rings. The molecule has 0 saturated heterocycles. The number of aryl methyl sites for hydroxylation is 1. The zero-order valence-electron chi connectivity index (χ0n) is 11.7. The fourth-order valence-electron chi connectivity index (χ4n) is 2.39. The van der Waals surface area contributed by atoms with Gasteiger partial charge < -0.3 is 15.2 Å². The van der Waals surface area contributed by atoms with Gasteiger partial charge in [-0.2, -0.15) is 0 Å². The van der Waals surface area contributed by atoms with E-state index in [1.54, 1.807) is 0 Å². The van der Waals surface area contributed by atoms with Crippen LogP contribution in [-0.2, 0) is 6.54 Å². The molecule has 108 valence electrons.